The first-order chi connectivity index (χ1) is 10.2. The molecule has 0 saturated carbocycles. The first kappa shape index (κ1) is 14.2. The molecule has 0 unspecified atom stereocenters. The summed E-state index contributed by atoms with van der Waals surface area (Å²) in [5, 5.41) is 0.792. The summed E-state index contributed by atoms with van der Waals surface area (Å²) in [7, 11) is 0. The maximum Gasteiger partial charge on any atom is 0.0407 e. The van der Waals surface area contributed by atoms with Crippen LogP contribution in [0.5, 0.6) is 0 Å². The molecule has 1 heterocycles. The number of anilines is 2. The molecule has 2 aromatic carbocycles. The molecule has 21 heavy (non-hydrogen) atoms. The van der Waals surface area contributed by atoms with Crippen molar-refractivity contribution in [1.82, 2.24) is 4.90 Å². The highest BCUT2D eigenvalue weighted by Gasteiger charge is 2.17. The Labute approximate surface area is 130 Å². The van der Waals surface area contributed by atoms with Crippen molar-refractivity contribution in [3.63, 3.8) is 0 Å². The summed E-state index contributed by atoms with van der Waals surface area (Å²) in [5.41, 5.74) is 9.13. The van der Waals surface area contributed by atoms with Crippen LogP contribution in [0.4, 0.5) is 11.4 Å². The minimum atomic E-state index is 0.792. The highest BCUT2D eigenvalue weighted by atomic mass is 35.5. The highest BCUT2D eigenvalue weighted by molar-refractivity contribution is 6.30. The second-order valence-electron chi connectivity index (χ2n) is 5.48. The van der Waals surface area contributed by atoms with Gasteiger partial charge >= 0.3 is 0 Å². The van der Waals surface area contributed by atoms with Crippen molar-refractivity contribution in [3.05, 3.63) is 59.1 Å². The van der Waals surface area contributed by atoms with Gasteiger partial charge in [-0.25, -0.2) is 0 Å². The van der Waals surface area contributed by atoms with Crippen LogP contribution in [0.25, 0.3) is 0 Å². The van der Waals surface area contributed by atoms with Gasteiger partial charge in [-0.1, -0.05) is 23.7 Å². The van der Waals surface area contributed by atoms with E-state index in [4.69, 9.17) is 17.3 Å². The SMILES string of the molecule is Nc1ccc(CN2CCN(c3ccc(Cl)cc3)CC2)cc1. The molecule has 1 aliphatic rings. The number of nitrogens with two attached hydrogens (primary N) is 1. The Bertz CT molecular complexity index is 572. The highest BCUT2D eigenvalue weighted by Crippen LogP contribution is 2.20. The molecule has 4 heteroatoms. The summed E-state index contributed by atoms with van der Waals surface area (Å²) in [5.74, 6) is 0. The third-order valence-electron chi connectivity index (χ3n) is 3.95. The third-order valence-corrected chi connectivity index (χ3v) is 4.20. The van der Waals surface area contributed by atoms with Gasteiger partial charge in [-0.2, -0.15) is 0 Å². The van der Waals surface area contributed by atoms with Gasteiger partial charge in [-0.15, -0.1) is 0 Å². The van der Waals surface area contributed by atoms with E-state index in [9.17, 15) is 0 Å². The van der Waals surface area contributed by atoms with E-state index in [-0.39, 0.29) is 0 Å². The molecule has 0 aliphatic carbocycles. The van der Waals surface area contributed by atoms with E-state index in [0.717, 1.165) is 43.4 Å². The Kier molecular flexibility index (Phi) is 4.32. The van der Waals surface area contributed by atoms with Crippen molar-refractivity contribution >= 4 is 23.0 Å². The van der Waals surface area contributed by atoms with Gasteiger partial charge in [0, 0.05) is 49.1 Å². The van der Waals surface area contributed by atoms with Crippen LogP contribution in [0.2, 0.25) is 5.02 Å². The van der Waals surface area contributed by atoms with E-state index in [1.807, 2.05) is 24.3 Å². The second kappa shape index (κ2) is 6.37. The fourth-order valence-electron chi connectivity index (χ4n) is 2.70. The molecule has 2 N–H and O–H groups in total. The van der Waals surface area contributed by atoms with Gasteiger partial charge in [0.05, 0.1) is 0 Å². The maximum atomic E-state index is 5.94. The molecule has 0 radical (unpaired) electrons. The standard InChI is InChI=1S/C17H20ClN3/c18-15-3-7-17(8-4-15)21-11-9-20(10-12-21)13-14-1-5-16(19)6-2-14/h1-8H,9-13,19H2. The van der Waals surface area contributed by atoms with E-state index in [1.54, 1.807) is 0 Å². The van der Waals surface area contributed by atoms with Crippen LogP contribution >= 0.6 is 11.6 Å². The van der Waals surface area contributed by atoms with Crippen molar-refractivity contribution < 1.29 is 0 Å². The summed E-state index contributed by atoms with van der Waals surface area (Å²) < 4.78 is 0. The van der Waals surface area contributed by atoms with Crippen LogP contribution < -0.4 is 10.6 Å². The lowest BCUT2D eigenvalue weighted by Crippen LogP contribution is -2.45. The van der Waals surface area contributed by atoms with E-state index in [0.29, 0.717) is 0 Å². The van der Waals surface area contributed by atoms with Crippen LogP contribution in [-0.4, -0.2) is 31.1 Å². The van der Waals surface area contributed by atoms with Gasteiger partial charge in [0.1, 0.15) is 0 Å². The predicted molar refractivity (Wildman–Crippen MR) is 89.8 cm³/mol. The molecule has 1 aliphatic heterocycles. The van der Waals surface area contributed by atoms with Gasteiger partial charge in [-0.05, 0) is 42.0 Å². The second-order valence-corrected chi connectivity index (χ2v) is 5.92. The monoisotopic (exact) mass is 301 g/mol. The minimum Gasteiger partial charge on any atom is -0.399 e. The van der Waals surface area contributed by atoms with Crippen molar-refractivity contribution in [2.75, 3.05) is 36.8 Å². The zero-order valence-electron chi connectivity index (χ0n) is 12.0. The third kappa shape index (κ3) is 3.69. The number of nitrogens with zero attached hydrogens (tertiary/aromatic N) is 2. The molecule has 0 amide bonds. The largest absolute Gasteiger partial charge is 0.399 e. The molecule has 3 nitrogen and oxygen atoms in total. The van der Waals surface area contributed by atoms with Crippen molar-refractivity contribution in [1.29, 1.82) is 0 Å². The number of rotatable bonds is 3. The Morgan fingerprint density at radius 2 is 1.48 bits per heavy atom. The van der Waals surface area contributed by atoms with Crippen LogP contribution in [-0.2, 0) is 6.54 Å². The molecule has 1 fully saturated rings. The maximum absolute atomic E-state index is 5.94. The zero-order chi connectivity index (χ0) is 14.7. The number of hydrogen-bond donors (Lipinski definition) is 1. The van der Waals surface area contributed by atoms with E-state index in [2.05, 4.69) is 34.1 Å². The number of halogens is 1. The van der Waals surface area contributed by atoms with Crippen LogP contribution in [0, 0.1) is 0 Å². The van der Waals surface area contributed by atoms with Crippen molar-refractivity contribution in [2.45, 2.75) is 6.54 Å². The van der Waals surface area contributed by atoms with Gasteiger partial charge < -0.3 is 10.6 Å². The Morgan fingerprint density at radius 1 is 0.857 bits per heavy atom. The van der Waals surface area contributed by atoms with Gasteiger partial charge in [0.15, 0.2) is 0 Å². The Morgan fingerprint density at radius 3 is 2.10 bits per heavy atom. The lowest BCUT2D eigenvalue weighted by atomic mass is 10.1. The molecule has 0 spiro atoms. The van der Waals surface area contributed by atoms with Gasteiger partial charge in [0.2, 0.25) is 0 Å². The first-order valence-electron chi connectivity index (χ1n) is 7.28. The molecule has 0 atom stereocenters. The summed E-state index contributed by atoms with van der Waals surface area (Å²) in [6.45, 7) is 5.25. The molecule has 0 bridgehead atoms. The first-order valence-corrected chi connectivity index (χ1v) is 7.66. The minimum absolute atomic E-state index is 0.792. The topological polar surface area (TPSA) is 32.5 Å². The summed E-state index contributed by atoms with van der Waals surface area (Å²) in [6.07, 6.45) is 0. The lowest BCUT2D eigenvalue weighted by Gasteiger charge is -2.36. The smallest absolute Gasteiger partial charge is 0.0407 e. The summed E-state index contributed by atoms with van der Waals surface area (Å²) >= 11 is 5.94. The fourth-order valence-corrected chi connectivity index (χ4v) is 2.82. The molecular weight excluding hydrogens is 282 g/mol. The van der Waals surface area contributed by atoms with Crippen molar-refractivity contribution in [3.8, 4) is 0 Å². The summed E-state index contributed by atoms with van der Waals surface area (Å²) in [6, 6.07) is 16.3. The van der Waals surface area contributed by atoms with Gasteiger partial charge in [0.25, 0.3) is 0 Å². The number of nitrogen functional groups attached to an aromatic ring is 1. The van der Waals surface area contributed by atoms with Crippen molar-refractivity contribution in [2.24, 2.45) is 0 Å². The Balaban J connectivity index is 1.55. The molecule has 1 saturated heterocycles. The summed E-state index contributed by atoms with van der Waals surface area (Å²) in [4.78, 5) is 4.90. The van der Waals surface area contributed by atoms with E-state index >= 15 is 0 Å². The molecule has 3 rings (SSSR count). The predicted octanol–water partition coefficient (Wildman–Crippen LogP) is 3.24. The van der Waals surface area contributed by atoms with Crippen LogP contribution in [0.1, 0.15) is 5.56 Å². The Hall–Kier alpha value is -1.71. The molecule has 2 aromatic rings. The molecule has 0 aromatic heterocycles. The normalized spacial score (nSPS) is 16.1. The lowest BCUT2D eigenvalue weighted by molar-refractivity contribution is 0.250. The van der Waals surface area contributed by atoms with E-state index in [1.165, 1.54) is 11.3 Å². The zero-order valence-corrected chi connectivity index (χ0v) is 12.8. The fraction of sp³-hybridized carbons (Fsp3) is 0.294. The number of piperazine rings is 1. The number of hydrogen-bond acceptors (Lipinski definition) is 3. The van der Waals surface area contributed by atoms with Crippen LogP contribution in [0.3, 0.4) is 0 Å². The number of benzene rings is 2. The van der Waals surface area contributed by atoms with E-state index < -0.39 is 0 Å². The molecule has 110 valence electrons. The quantitative estimate of drug-likeness (QED) is 0.883. The average molecular weight is 302 g/mol. The van der Waals surface area contributed by atoms with Gasteiger partial charge in [-0.3, -0.25) is 4.90 Å². The molecular formula is C17H20ClN3. The van der Waals surface area contributed by atoms with Crippen LogP contribution in [0.15, 0.2) is 48.5 Å². The average Bonchev–Trinajstić information content (AvgIpc) is 2.51.